The largest absolute Gasteiger partial charge is 0.316 e. The molecule has 0 aromatic heterocycles. The summed E-state index contributed by atoms with van der Waals surface area (Å²) < 4.78 is 0. The van der Waals surface area contributed by atoms with E-state index in [1.54, 1.807) is 11.1 Å². The number of likely N-dealkylation sites (N-methyl/N-ethyl adjacent to an activating group) is 1. The van der Waals surface area contributed by atoms with E-state index in [9.17, 15) is 0 Å². The fourth-order valence-corrected chi connectivity index (χ4v) is 5.01. The second kappa shape index (κ2) is 5.16. The zero-order chi connectivity index (χ0) is 13.5. The maximum absolute atomic E-state index is 3.47. The maximum Gasteiger partial charge on any atom is 0.0204 e. The van der Waals surface area contributed by atoms with E-state index in [0.29, 0.717) is 0 Å². The minimum Gasteiger partial charge on any atom is -0.316 e. The molecule has 4 rings (SSSR count). The molecule has 1 aromatic rings. The van der Waals surface area contributed by atoms with Crippen LogP contribution >= 0.6 is 0 Å². The van der Waals surface area contributed by atoms with E-state index < -0.39 is 0 Å². The van der Waals surface area contributed by atoms with E-state index in [4.69, 9.17) is 0 Å². The van der Waals surface area contributed by atoms with Crippen molar-refractivity contribution in [3.8, 4) is 0 Å². The van der Waals surface area contributed by atoms with E-state index in [2.05, 4.69) is 41.5 Å². The fraction of sp³-hybridized carbons (Fsp3) is 0.667. The van der Waals surface area contributed by atoms with Crippen molar-refractivity contribution < 1.29 is 0 Å². The highest BCUT2D eigenvalue weighted by Crippen LogP contribution is 2.43. The topological polar surface area (TPSA) is 15.3 Å². The van der Waals surface area contributed by atoms with Crippen LogP contribution in [0.1, 0.15) is 30.4 Å². The van der Waals surface area contributed by atoms with Crippen LogP contribution in [-0.2, 0) is 12.8 Å². The van der Waals surface area contributed by atoms with Crippen LogP contribution in [0.3, 0.4) is 0 Å². The van der Waals surface area contributed by atoms with Gasteiger partial charge in [0, 0.05) is 25.2 Å². The molecule has 3 aliphatic rings. The third-order valence-electron chi connectivity index (χ3n) is 6.01. The average Bonchev–Trinajstić information content (AvgIpc) is 3.02. The van der Waals surface area contributed by atoms with Gasteiger partial charge >= 0.3 is 0 Å². The summed E-state index contributed by atoms with van der Waals surface area (Å²) in [6.07, 6.45) is 6.87. The summed E-state index contributed by atoms with van der Waals surface area (Å²) >= 11 is 0. The number of hydrogen-bond acceptors (Lipinski definition) is 2. The quantitative estimate of drug-likeness (QED) is 0.888. The lowest BCUT2D eigenvalue weighted by atomic mass is 9.94. The molecule has 0 radical (unpaired) electrons. The summed E-state index contributed by atoms with van der Waals surface area (Å²) in [6.45, 7) is 2.57. The van der Waals surface area contributed by atoms with Crippen molar-refractivity contribution in [1.29, 1.82) is 0 Å². The first kappa shape index (κ1) is 12.8. The molecule has 1 heterocycles. The molecule has 0 spiro atoms. The van der Waals surface area contributed by atoms with E-state index >= 15 is 0 Å². The van der Waals surface area contributed by atoms with Crippen molar-refractivity contribution in [3.05, 3.63) is 35.4 Å². The Morgan fingerprint density at radius 1 is 1.00 bits per heavy atom. The van der Waals surface area contributed by atoms with Crippen molar-refractivity contribution in [3.63, 3.8) is 0 Å². The van der Waals surface area contributed by atoms with Crippen LogP contribution in [0.15, 0.2) is 24.3 Å². The fourth-order valence-electron chi connectivity index (χ4n) is 5.01. The van der Waals surface area contributed by atoms with Crippen LogP contribution in [0.4, 0.5) is 0 Å². The second-order valence-corrected chi connectivity index (χ2v) is 7.03. The molecule has 2 heteroatoms. The minimum absolute atomic E-state index is 0.722. The molecule has 2 fully saturated rings. The molecule has 1 saturated carbocycles. The first-order valence-electron chi connectivity index (χ1n) is 8.33. The normalized spacial score (nSPS) is 36.9. The van der Waals surface area contributed by atoms with Crippen molar-refractivity contribution in [2.24, 2.45) is 11.8 Å². The zero-order valence-electron chi connectivity index (χ0n) is 12.5. The highest BCUT2D eigenvalue weighted by atomic mass is 15.2. The Balaban J connectivity index is 1.58. The van der Waals surface area contributed by atoms with Gasteiger partial charge in [-0.05, 0) is 62.1 Å². The maximum atomic E-state index is 3.47. The summed E-state index contributed by atoms with van der Waals surface area (Å²) in [5.74, 6) is 1.80. The first-order valence-corrected chi connectivity index (χ1v) is 8.33. The van der Waals surface area contributed by atoms with Gasteiger partial charge in [-0.3, -0.25) is 4.90 Å². The summed E-state index contributed by atoms with van der Waals surface area (Å²) in [4.78, 5) is 2.81. The third-order valence-corrected chi connectivity index (χ3v) is 6.01. The Morgan fingerprint density at radius 3 is 2.20 bits per heavy atom. The molecule has 2 bridgehead atoms. The van der Waals surface area contributed by atoms with Gasteiger partial charge in [0.25, 0.3) is 0 Å². The van der Waals surface area contributed by atoms with Crippen LogP contribution in [0.25, 0.3) is 0 Å². The Morgan fingerprint density at radius 2 is 1.65 bits per heavy atom. The summed E-state index contributed by atoms with van der Waals surface area (Å²) in [5, 5.41) is 3.47. The molecule has 108 valence electrons. The number of likely N-dealkylation sites (tertiary alicyclic amines) is 1. The van der Waals surface area contributed by atoms with Gasteiger partial charge in [-0.1, -0.05) is 24.3 Å². The lowest BCUT2D eigenvalue weighted by Crippen LogP contribution is -2.42. The molecule has 20 heavy (non-hydrogen) atoms. The molecular weight excluding hydrogens is 244 g/mol. The van der Waals surface area contributed by atoms with Gasteiger partial charge in [0.2, 0.25) is 0 Å². The van der Waals surface area contributed by atoms with E-state index in [-0.39, 0.29) is 0 Å². The van der Waals surface area contributed by atoms with Gasteiger partial charge in [-0.2, -0.15) is 0 Å². The van der Waals surface area contributed by atoms with E-state index in [1.165, 1.54) is 45.2 Å². The molecule has 1 N–H and O–H groups in total. The molecule has 2 aliphatic carbocycles. The molecule has 1 saturated heterocycles. The van der Waals surface area contributed by atoms with Crippen LogP contribution in [0.5, 0.6) is 0 Å². The minimum atomic E-state index is 0.722. The number of fused-ring (bicyclic) bond motifs is 3. The van der Waals surface area contributed by atoms with Crippen molar-refractivity contribution in [2.45, 2.75) is 44.2 Å². The van der Waals surface area contributed by atoms with Crippen LogP contribution in [0.2, 0.25) is 0 Å². The highest BCUT2D eigenvalue weighted by Gasteiger charge is 2.43. The lowest BCUT2D eigenvalue weighted by Gasteiger charge is -2.32. The number of nitrogens with one attached hydrogen (secondary N) is 1. The predicted octanol–water partition coefficient (Wildman–Crippen LogP) is 2.47. The van der Waals surface area contributed by atoms with Crippen molar-refractivity contribution in [1.82, 2.24) is 10.2 Å². The summed E-state index contributed by atoms with van der Waals surface area (Å²) in [6, 6.07) is 10.8. The number of rotatable bonds is 2. The smallest absolute Gasteiger partial charge is 0.0204 e. The summed E-state index contributed by atoms with van der Waals surface area (Å²) in [5.41, 5.74) is 3.27. The molecule has 3 unspecified atom stereocenters. The van der Waals surface area contributed by atoms with Crippen molar-refractivity contribution in [2.75, 3.05) is 20.1 Å². The second-order valence-electron chi connectivity index (χ2n) is 7.03. The zero-order valence-corrected chi connectivity index (χ0v) is 12.5. The molecule has 1 aromatic carbocycles. The molecular formula is C18H26N2. The van der Waals surface area contributed by atoms with Crippen LogP contribution < -0.4 is 5.32 Å². The first-order chi connectivity index (χ1) is 9.85. The van der Waals surface area contributed by atoms with Crippen LogP contribution in [0, 0.1) is 11.8 Å². The Bertz CT molecular complexity index is 451. The average molecular weight is 270 g/mol. The standard InChI is InChI=1S/C18H26N2/c1-19-17-8-9-20(12-17)18-15-6-7-16(18)11-14-5-3-2-4-13(14)10-15/h2-5,15-19H,6-12H2,1H3. The molecule has 3 atom stereocenters. The molecule has 2 nitrogen and oxygen atoms in total. The van der Waals surface area contributed by atoms with Crippen molar-refractivity contribution >= 4 is 0 Å². The van der Waals surface area contributed by atoms with Gasteiger partial charge in [0.1, 0.15) is 0 Å². The Kier molecular flexibility index (Phi) is 3.31. The number of hydrogen-bond donors (Lipinski definition) is 1. The molecule has 0 amide bonds. The SMILES string of the molecule is CNC1CCN(C2C3CCC2Cc2ccccc2C3)C1. The molecule has 1 aliphatic heterocycles. The summed E-state index contributed by atoms with van der Waals surface area (Å²) in [7, 11) is 2.12. The van der Waals surface area contributed by atoms with Crippen LogP contribution in [-0.4, -0.2) is 37.1 Å². The van der Waals surface area contributed by atoms with Gasteiger partial charge in [-0.25, -0.2) is 0 Å². The Hall–Kier alpha value is -0.860. The Labute approximate surface area is 122 Å². The van der Waals surface area contributed by atoms with Gasteiger partial charge in [-0.15, -0.1) is 0 Å². The monoisotopic (exact) mass is 270 g/mol. The lowest BCUT2D eigenvalue weighted by molar-refractivity contribution is 0.156. The third kappa shape index (κ3) is 2.10. The predicted molar refractivity (Wildman–Crippen MR) is 82.9 cm³/mol. The van der Waals surface area contributed by atoms with Gasteiger partial charge < -0.3 is 5.32 Å². The van der Waals surface area contributed by atoms with E-state index in [1.807, 2.05) is 0 Å². The number of benzene rings is 1. The van der Waals surface area contributed by atoms with Gasteiger partial charge in [0.15, 0.2) is 0 Å². The number of nitrogens with zero attached hydrogens (tertiary/aromatic N) is 1. The van der Waals surface area contributed by atoms with Gasteiger partial charge in [0.05, 0.1) is 0 Å². The highest BCUT2D eigenvalue weighted by molar-refractivity contribution is 5.31. The van der Waals surface area contributed by atoms with E-state index in [0.717, 1.165) is 23.9 Å².